The van der Waals surface area contributed by atoms with E-state index in [4.69, 9.17) is 19.9 Å². The van der Waals surface area contributed by atoms with Crippen molar-refractivity contribution in [2.24, 2.45) is 0 Å². The number of hydrogen-bond donors (Lipinski definition) is 0. The van der Waals surface area contributed by atoms with Gasteiger partial charge in [0.2, 0.25) is 0 Å². The highest BCUT2D eigenvalue weighted by Gasteiger charge is 2.21. The Bertz CT molecular complexity index is 3600. The van der Waals surface area contributed by atoms with E-state index in [-0.39, 0.29) is 0 Å². The quantitative estimate of drug-likeness (QED) is 0.164. The van der Waals surface area contributed by atoms with Gasteiger partial charge in [0, 0.05) is 32.7 Å². The molecule has 0 unspecified atom stereocenters. The third kappa shape index (κ3) is 5.46. The zero-order valence-corrected chi connectivity index (χ0v) is 32.4. The van der Waals surface area contributed by atoms with Gasteiger partial charge in [0.1, 0.15) is 0 Å². The standard InChI is InChI=1S/C56H34N4/c1-2-15-35(16-3-1)36-17-12-18-37(31-36)38-19-13-20-39(32-38)40-29-14-30-49(50-33-57-53-45-25-8-4-21-41(45)43-23-6-10-27-47(43)55(53)59-50)52(40)51-34-58-54-46-26-9-5-22-42(46)44-24-7-11-28-48(44)56(54)60-51/h1-34H. The van der Waals surface area contributed by atoms with E-state index in [1.54, 1.807) is 0 Å². The van der Waals surface area contributed by atoms with Gasteiger partial charge in [-0.2, -0.15) is 0 Å². The molecule has 4 heteroatoms. The van der Waals surface area contributed by atoms with Crippen LogP contribution in [0.3, 0.4) is 0 Å². The lowest BCUT2D eigenvalue weighted by atomic mass is 9.90. The van der Waals surface area contributed by atoms with E-state index in [2.05, 4.69) is 194 Å². The van der Waals surface area contributed by atoms with Crippen LogP contribution in [0.15, 0.2) is 207 Å². The maximum atomic E-state index is 5.56. The summed E-state index contributed by atoms with van der Waals surface area (Å²) in [6.45, 7) is 0. The molecular formula is C56H34N4. The highest BCUT2D eigenvalue weighted by atomic mass is 14.8. The van der Waals surface area contributed by atoms with Crippen LogP contribution in [-0.2, 0) is 0 Å². The molecule has 0 aliphatic heterocycles. The molecule has 0 spiro atoms. The third-order valence-electron chi connectivity index (χ3n) is 11.9. The zero-order chi connectivity index (χ0) is 39.6. The molecule has 0 amide bonds. The van der Waals surface area contributed by atoms with Crippen molar-refractivity contribution in [1.82, 2.24) is 19.9 Å². The number of nitrogens with zero attached hydrogens (tertiary/aromatic N) is 4. The summed E-state index contributed by atoms with van der Waals surface area (Å²) in [5, 5.41) is 8.99. The molecule has 2 aromatic heterocycles. The Kier molecular flexibility index (Phi) is 7.82. The highest BCUT2D eigenvalue weighted by Crippen LogP contribution is 2.43. The minimum absolute atomic E-state index is 0.773. The Morgan fingerprint density at radius 3 is 1.17 bits per heavy atom. The molecule has 0 atom stereocenters. The van der Waals surface area contributed by atoms with Gasteiger partial charge in [-0.1, -0.05) is 182 Å². The Hall–Kier alpha value is -8.08. The van der Waals surface area contributed by atoms with Crippen LogP contribution in [0.25, 0.3) is 121 Å². The highest BCUT2D eigenvalue weighted by molar-refractivity contribution is 6.24. The molecule has 10 aromatic carbocycles. The molecule has 0 aliphatic carbocycles. The van der Waals surface area contributed by atoms with Gasteiger partial charge in [0.15, 0.2) is 0 Å². The number of rotatable bonds is 5. The fraction of sp³-hybridized carbons (Fsp3) is 0. The second-order valence-electron chi connectivity index (χ2n) is 15.3. The number of fused-ring (bicyclic) bond motifs is 12. The summed E-state index contributed by atoms with van der Waals surface area (Å²) in [5.74, 6) is 0. The van der Waals surface area contributed by atoms with Crippen LogP contribution in [0.5, 0.6) is 0 Å². The Balaban J connectivity index is 1.12. The normalized spacial score (nSPS) is 11.7. The van der Waals surface area contributed by atoms with Gasteiger partial charge >= 0.3 is 0 Å². The lowest BCUT2D eigenvalue weighted by molar-refractivity contribution is 1.29. The predicted molar refractivity (Wildman–Crippen MR) is 250 cm³/mol. The summed E-state index contributed by atoms with van der Waals surface area (Å²) >= 11 is 0. The summed E-state index contributed by atoms with van der Waals surface area (Å²) in [6, 6.07) is 68.6. The van der Waals surface area contributed by atoms with Gasteiger partial charge in [-0.05, 0) is 67.1 Å². The number of aromatic nitrogens is 4. The van der Waals surface area contributed by atoms with Gasteiger partial charge in [0.05, 0.1) is 45.8 Å². The van der Waals surface area contributed by atoms with Crippen molar-refractivity contribution in [2.45, 2.75) is 0 Å². The smallest absolute Gasteiger partial charge is 0.0979 e. The molecular weight excluding hydrogens is 729 g/mol. The lowest BCUT2D eigenvalue weighted by Crippen LogP contribution is -1.98. The molecule has 0 radical (unpaired) electrons. The van der Waals surface area contributed by atoms with E-state index in [1.165, 1.54) is 21.9 Å². The van der Waals surface area contributed by atoms with Crippen LogP contribution in [0.2, 0.25) is 0 Å². The molecule has 12 rings (SSSR count). The van der Waals surface area contributed by atoms with Gasteiger partial charge in [-0.25, -0.2) is 9.97 Å². The van der Waals surface area contributed by atoms with Crippen LogP contribution in [-0.4, -0.2) is 19.9 Å². The lowest BCUT2D eigenvalue weighted by Gasteiger charge is -2.17. The Morgan fingerprint density at radius 2 is 0.617 bits per heavy atom. The molecule has 4 nitrogen and oxygen atoms in total. The van der Waals surface area contributed by atoms with E-state index >= 15 is 0 Å². The van der Waals surface area contributed by atoms with E-state index in [0.29, 0.717) is 0 Å². The minimum atomic E-state index is 0.773. The molecule has 0 N–H and O–H groups in total. The van der Waals surface area contributed by atoms with Crippen LogP contribution in [0.4, 0.5) is 0 Å². The minimum Gasteiger partial charge on any atom is -0.252 e. The molecule has 12 aromatic rings. The predicted octanol–water partition coefficient (Wildman–Crippen LogP) is 14.5. The Morgan fingerprint density at radius 1 is 0.250 bits per heavy atom. The van der Waals surface area contributed by atoms with Crippen molar-refractivity contribution in [3.05, 3.63) is 207 Å². The molecule has 278 valence electrons. The average molecular weight is 763 g/mol. The fourth-order valence-corrected chi connectivity index (χ4v) is 9.15. The summed E-state index contributed by atoms with van der Waals surface area (Å²) in [5.41, 5.74) is 13.7. The molecule has 2 heterocycles. The fourth-order valence-electron chi connectivity index (χ4n) is 9.15. The summed E-state index contributed by atoms with van der Waals surface area (Å²) in [7, 11) is 0. The summed E-state index contributed by atoms with van der Waals surface area (Å²) in [6.07, 6.45) is 3.87. The molecule has 0 bridgehead atoms. The second kappa shape index (κ2) is 13.8. The first-order chi connectivity index (χ1) is 29.8. The largest absolute Gasteiger partial charge is 0.252 e. The van der Waals surface area contributed by atoms with Crippen LogP contribution >= 0.6 is 0 Å². The van der Waals surface area contributed by atoms with Crippen molar-refractivity contribution < 1.29 is 0 Å². The van der Waals surface area contributed by atoms with Crippen LogP contribution in [0.1, 0.15) is 0 Å². The van der Waals surface area contributed by atoms with Crippen molar-refractivity contribution in [3.63, 3.8) is 0 Å². The van der Waals surface area contributed by atoms with Gasteiger partial charge in [-0.3, -0.25) is 9.97 Å². The van der Waals surface area contributed by atoms with E-state index in [9.17, 15) is 0 Å². The topological polar surface area (TPSA) is 51.6 Å². The van der Waals surface area contributed by atoms with E-state index in [1.807, 2.05) is 12.4 Å². The SMILES string of the molecule is c1ccc(-c2cccc(-c3cccc(-c4cccc(-c5cnc6c7ccccc7c7ccccc7c6n5)c4-c4cnc5c6ccccc6c6ccccc6c5n4)c3)c2)cc1. The molecule has 0 aliphatic rings. The molecule has 60 heavy (non-hydrogen) atoms. The summed E-state index contributed by atoms with van der Waals surface area (Å²) < 4.78 is 0. The van der Waals surface area contributed by atoms with E-state index in [0.717, 1.165) is 99.2 Å². The monoisotopic (exact) mass is 762 g/mol. The molecule has 0 fully saturated rings. The second-order valence-corrected chi connectivity index (χ2v) is 15.3. The van der Waals surface area contributed by atoms with E-state index < -0.39 is 0 Å². The van der Waals surface area contributed by atoms with Crippen molar-refractivity contribution >= 4 is 65.2 Å². The van der Waals surface area contributed by atoms with Crippen LogP contribution in [0, 0.1) is 0 Å². The summed E-state index contributed by atoms with van der Waals surface area (Å²) in [4.78, 5) is 21.5. The first-order valence-corrected chi connectivity index (χ1v) is 20.3. The molecule has 0 saturated carbocycles. The first-order valence-electron chi connectivity index (χ1n) is 20.3. The maximum Gasteiger partial charge on any atom is 0.0979 e. The maximum absolute atomic E-state index is 5.56. The molecule has 0 saturated heterocycles. The zero-order valence-electron chi connectivity index (χ0n) is 32.4. The average Bonchev–Trinajstić information content (AvgIpc) is 3.34. The number of benzene rings is 10. The Labute approximate surface area is 346 Å². The van der Waals surface area contributed by atoms with Crippen LogP contribution < -0.4 is 0 Å². The van der Waals surface area contributed by atoms with Crippen molar-refractivity contribution in [2.75, 3.05) is 0 Å². The number of hydrogen-bond acceptors (Lipinski definition) is 4. The van der Waals surface area contributed by atoms with Crippen molar-refractivity contribution in [3.8, 4) is 55.9 Å². The first kappa shape index (κ1) is 34.0. The third-order valence-corrected chi connectivity index (χ3v) is 11.9. The van der Waals surface area contributed by atoms with Gasteiger partial charge in [-0.15, -0.1) is 0 Å². The van der Waals surface area contributed by atoms with Gasteiger partial charge < -0.3 is 0 Å². The van der Waals surface area contributed by atoms with Gasteiger partial charge in [0.25, 0.3) is 0 Å². The van der Waals surface area contributed by atoms with Crippen molar-refractivity contribution in [1.29, 1.82) is 0 Å².